The summed E-state index contributed by atoms with van der Waals surface area (Å²) in [4.78, 5) is 24.4. The molecule has 9 heteroatoms. The Hall–Kier alpha value is -2.74. The lowest BCUT2D eigenvalue weighted by Crippen LogP contribution is -2.03. The first kappa shape index (κ1) is 14.7. The zero-order chi connectivity index (χ0) is 15.6. The third kappa shape index (κ3) is 3.23. The van der Waals surface area contributed by atoms with Crippen molar-refractivity contribution < 1.29 is 24.0 Å². The van der Waals surface area contributed by atoms with Crippen molar-refractivity contribution in [1.82, 2.24) is 4.98 Å². The molecule has 1 aromatic carbocycles. The van der Waals surface area contributed by atoms with Crippen LogP contribution in [0.15, 0.2) is 30.3 Å². The second kappa shape index (κ2) is 5.71. The number of carboxylic acids is 1. The van der Waals surface area contributed by atoms with Crippen molar-refractivity contribution in [2.24, 2.45) is 0 Å². The van der Waals surface area contributed by atoms with E-state index < -0.39 is 34.0 Å². The van der Waals surface area contributed by atoms with E-state index in [4.69, 9.17) is 21.4 Å². The summed E-state index contributed by atoms with van der Waals surface area (Å²) in [5.41, 5.74) is -0.783. The standard InChI is InChI=1S/C12H6ClFN2O5/c13-10-4-2-7(12(17)18)11(15-10)21-9-3-1-6(16(19)20)5-8(9)14/h1-5H,(H,17,18). The van der Waals surface area contributed by atoms with Gasteiger partial charge in [-0.2, -0.15) is 0 Å². The maximum absolute atomic E-state index is 13.7. The largest absolute Gasteiger partial charge is 0.477 e. The second-order valence-electron chi connectivity index (χ2n) is 3.77. The predicted molar refractivity (Wildman–Crippen MR) is 69.3 cm³/mol. The number of nitro groups is 1. The smallest absolute Gasteiger partial charge is 0.341 e. The number of ether oxygens (including phenoxy) is 1. The predicted octanol–water partition coefficient (Wildman–Crippen LogP) is 3.27. The average Bonchev–Trinajstić information content (AvgIpc) is 2.40. The number of aromatic nitrogens is 1. The molecule has 0 atom stereocenters. The van der Waals surface area contributed by atoms with Crippen molar-refractivity contribution in [3.8, 4) is 11.6 Å². The van der Waals surface area contributed by atoms with Gasteiger partial charge in [-0.15, -0.1) is 0 Å². The van der Waals surface area contributed by atoms with E-state index in [1.807, 2.05) is 0 Å². The molecule has 21 heavy (non-hydrogen) atoms. The van der Waals surface area contributed by atoms with E-state index in [1.54, 1.807) is 0 Å². The van der Waals surface area contributed by atoms with E-state index in [-0.39, 0.29) is 10.7 Å². The number of rotatable bonds is 4. The van der Waals surface area contributed by atoms with Gasteiger partial charge in [-0.05, 0) is 18.2 Å². The molecule has 2 rings (SSSR count). The Morgan fingerprint density at radius 1 is 1.38 bits per heavy atom. The number of carboxylic acid groups (broad SMARTS) is 1. The van der Waals surface area contributed by atoms with Gasteiger partial charge in [0.25, 0.3) is 5.69 Å². The number of benzene rings is 1. The van der Waals surface area contributed by atoms with Crippen molar-refractivity contribution in [2.45, 2.75) is 0 Å². The molecule has 1 heterocycles. The highest BCUT2D eigenvalue weighted by molar-refractivity contribution is 6.29. The fraction of sp³-hybridized carbons (Fsp3) is 0. The first-order chi connectivity index (χ1) is 9.88. The highest BCUT2D eigenvalue weighted by atomic mass is 35.5. The number of nitrogens with zero attached hydrogens (tertiary/aromatic N) is 2. The molecular weight excluding hydrogens is 307 g/mol. The molecule has 2 aromatic rings. The lowest BCUT2D eigenvalue weighted by molar-refractivity contribution is -0.385. The van der Waals surface area contributed by atoms with Crippen molar-refractivity contribution in [2.75, 3.05) is 0 Å². The maximum atomic E-state index is 13.7. The summed E-state index contributed by atoms with van der Waals surface area (Å²) in [6, 6.07) is 5.06. The lowest BCUT2D eigenvalue weighted by atomic mass is 10.2. The van der Waals surface area contributed by atoms with Crippen LogP contribution in [0.25, 0.3) is 0 Å². The van der Waals surface area contributed by atoms with Crippen LogP contribution in [0, 0.1) is 15.9 Å². The number of pyridine rings is 1. The molecule has 0 saturated heterocycles. The third-order valence-electron chi connectivity index (χ3n) is 2.39. The molecule has 108 valence electrons. The van der Waals surface area contributed by atoms with Gasteiger partial charge in [0.15, 0.2) is 11.6 Å². The topological polar surface area (TPSA) is 103 Å². The van der Waals surface area contributed by atoms with Crippen LogP contribution in [0.3, 0.4) is 0 Å². The molecule has 0 radical (unpaired) electrons. The summed E-state index contributed by atoms with van der Waals surface area (Å²) in [5, 5.41) is 19.4. The summed E-state index contributed by atoms with van der Waals surface area (Å²) in [5.74, 6) is -3.18. The van der Waals surface area contributed by atoms with Crippen molar-refractivity contribution in [1.29, 1.82) is 0 Å². The van der Waals surface area contributed by atoms with Crippen LogP contribution in [0.5, 0.6) is 11.6 Å². The molecular formula is C12H6ClFN2O5. The molecule has 0 unspecified atom stereocenters. The van der Waals surface area contributed by atoms with Crippen molar-refractivity contribution >= 4 is 23.3 Å². The first-order valence-electron chi connectivity index (χ1n) is 5.40. The summed E-state index contributed by atoms with van der Waals surface area (Å²) in [6.45, 7) is 0. The van der Waals surface area contributed by atoms with E-state index in [2.05, 4.69) is 4.98 Å². The minimum Gasteiger partial charge on any atom is -0.477 e. The summed E-state index contributed by atoms with van der Waals surface area (Å²) < 4.78 is 18.7. The molecule has 0 saturated carbocycles. The molecule has 1 aromatic heterocycles. The fourth-order valence-electron chi connectivity index (χ4n) is 1.45. The molecule has 0 bridgehead atoms. The fourth-order valence-corrected chi connectivity index (χ4v) is 1.59. The number of nitro benzene ring substituents is 1. The summed E-state index contributed by atoms with van der Waals surface area (Å²) in [7, 11) is 0. The minimum atomic E-state index is -1.34. The van der Waals surface area contributed by atoms with Gasteiger partial charge in [0.05, 0.1) is 11.0 Å². The minimum absolute atomic E-state index is 0.0441. The molecule has 0 amide bonds. The Bertz CT molecular complexity index is 738. The van der Waals surface area contributed by atoms with Gasteiger partial charge >= 0.3 is 5.97 Å². The highest BCUT2D eigenvalue weighted by Gasteiger charge is 2.18. The molecule has 0 spiro atoms. The average molecular weight is 313 g/mol. The Labute approximate surface area is 121 Å². The van der Waals surface area contributed by atoms with Gasteiger partial charge in [0.2, 0.25) is 5.88 Å². The zero-order valence-corrected chi connectivity index (χ0v) is 10.9. The quantitative estimate of drug-likeness (QED) is 0.528. The van der Waals surface area contributed by atoms with Crippen LogP contribution in [0.4, 0.5) is 10.1 Å². The zero-order valence-electron chi connectivity index (χ0n) is 10.1. The number of carbonyl (C=O) groups is 1. The van der Waals surface area contributed by atoms with Crippen LogP contribution in [0.2, 0.25) is 5.15 Å². The number of aromatic carboxylic acids is 1. The maximum Gasteiger partial charge on any atom is 0.341 e. The lowest BCUT2D eigenvalue weighted by Gasteiger charge is -2.08. The Morgan fingerprint density at radius 3 is 2.67 bits per heavy atom. The number of hydrogen-bond acceptors (Lipinski definition) is 5. The monoisotopic (exact) mass is 312 g/mol. The molecule has 0 fully saturated rings. The summed E-state index contributed by atoms with van der Waals surface area (Å²) >= 11 is 5.63. The normalized spacial score (nSPS) is 10.2. The Balaban J connectivity index is 2.40. The van der Waals surface area contributed by atoms with Gasteiger partial charge < -0.3 is 9.84 Å². The molecule has 0 aliphatic heterocycles. The van der Waals surface area contributed by atoms with E-state index in [0.29, 0.717) is 6.07 Å². The number of halogens is 2. The van der Waals surface area contributed by atoms with Crippen molar-refractivity contribution in [3.63, 3.8) is 0 Å². The first-order valence-corrected chi connectivity index (χ1v) is 5.78. The van der Waals surface area contributed by atoms with E-state index in [0.717, 1.165) is 18.2 Å². The van der Waals surface area contributed by atoms with E-state index in [1.165, 1.54) is 6.07 Å². The number of hydrogen-bond donors (Lipinski definition) is 1. The number of non-ortho nitro benzene ring substituents is 1. The third-order valence-corrected chi connectivity index (χ3v) is 2.60. The van der Waals surface area contributed by atoms with Gasteiger partial charge in [-0.25, -0.2) is 14.2 Å². The Morgan fingerprint density at radius 2 is 2.10 bits per heavy atom. The second-order valence-corrected chi connectivity index (χ2v) is 4.15. The van der Waals surface area contributed by atoms with Crippen LogP contribution in [0.1, 0.15) is 10.4 Å². The van der Waals surface area contributed by atoms with Crippen LogP contribution in [-0.4, -0.2) is 21.0 Å². The van der Waals surface area contributed by atoms with Crippen LogP contribution < -0.4 is 4.74 Å². The van der Waals surface area contributed by atoms with Gasteiger partial charge in [0, 0.05) is 6.07 Å². The van der Waals surface area contributed by atoms with Crippen molar-refractivity contribution in [3.05, 3.63) is 57.0 Å². The molecule has 0 aliphatic carbocycles. The van der Waals surface area contributed by atoms with Gasteiger partial charge in [-0.1, -0.05) is 11.6 Å². The van der Waals surface area contributed by atoms with Gasteiger partial charge in [-0.3, -0.25) is 10.1 Å². The molecule has 7 nitrogen and oxygen atoms in total. The van der Waals surface area contributed by atoms with E-state index >= 15 is 0 Å². The SMILES string of the molecule is O=C(O)c1ccc(Cl)nc1Oc1ccc([N+](=O)[O-])cc1F. The van der Waals surface area contributed by atoms with E-state index in [9.17, 15) is 19.3 Å². The summed E-state index contributed by atoms with van der Waals surface area (Å²) in [6.07, 6.45) is 0. The molecule has 0 aliphatic rings. The van der Waals surface area contributed by atoms with Gasteiger partial charge in [0.1, 0.15) is 10.7 Å². The van der Waals surface area contributed by atoms with Crippen LogP contribution >= 0.6 is 11.6 Å². The molecule has 1 N–H and O–H groups in total. The highest BCUT2D eigenvalue weighted by Crippen LogP contribution is 2.29. The van der Waals surface area contributed by atoms with Crippen LogP contribution in [-0.2, 0) is 0 Å². The Kier molecular flexibility index (Phi) is 3.99.